The summed E-state index contributed by atoms with van der Waals surface area (Å²) < 4.78 is 1.46. The van der Waals surface area contributed by atoms with E-state index in [4.69, 9.17) is 23.2 Å². The van der Waals surface area contributed by atoms with Crippen molar-refractivity contribution in [2.45, 2.75) is 13.3 Å². The fourth-order valence-corrected chi connectivity index (χ4v) is 1.80. The zero-order chi connectivity index (χ0) is 9.42. The van der Waals surface area contributed by atoms with Gasteiger partial charge in [-0.25, -0.2) is 0 Å². The molecule has 0 fully saturated rings. The summed E-state index contributed by atoms with van der Waals surface area (Å²) in [6, 6.07) is 0. The van der Waals surface area contributed by atoms with Crippen LogP contribution in [0.1, 0.15) is 12.5 Å². The lowest BCUT2D eigenvalue weighted by Gasteiger charge is -2.03. The molecule has 6 heteroatoms. The molecule has 0 aliphatic carbocycles. The molecule has 2 aromatic rings. The van der Waals surface area contributed by atoms with E-state index in [2.05, 4.69) is 15.1 Å². The highest BCUT2D eigenvalue weighted by atomic mass is 35.5. The first kappa shape index (κ1) is 8.72. The second-order valence-corrected chi connectivity index (χ2v) is 3.21. The van der Waals surface area contributed by atoms with Gasteiger partial charge in [0.15, 0.2) is 0 Å². The van der Waals surface area contributed by atoms with Crippen molar-refractivity contribution >= 4 is 29.0 Å². The van der Waals surface area contributed by atoms with E-state index < -0.39 is 0 Å². The average molecular weight is 217 g/mol. The van der Waals surface area contributed by atoms with Crippen molar-refractivity contribution < 1.29 is 0 Å². The third-order valence-corrected chi connectivity index (χ3v) is 2.47. The Morgan fingerprint density at radius 2 is 2.23 bits per heavy atom. The standard InChI is InChI=1S/C7H6Cl2N4/c1-2-4-5(8)12-7-10-3-11-13(7)6(4)9/h3H,2H2,1H3. The van der Waals surface area contributed by atoms with Crippen LogP contribution >= 0.6 is 23.2 Å². The Kier molecular flexibility index (Phi) is 2.09. The van der Waals surface area contributed by atoms with E-state index in [1.807, 2.05) is 6.92 Å². The highest BCUT2D eigenvalue weighted by Gasteiger charge is 2.11. The predicted molar refractivity (Wildman–Crippen MR) is 50.2 cm³/mol. The Labute approximate surface area is 84.5 Å². The second kappa shape index (κ2) is 3.12. The number of halogens is 2. The monoisotopic (exact) mass is 216 g/mol. The Morgan fingerprint density at radius 3 is 2.92 bits per heavy atom. The molecule has 0 saturated carbocycles. The first-order valence-electron chi connectivity index (χ1n) is 3.77. The van der Waals surface area contributed by atoms with E-state index in [0.29, 0.717) is 16.1 Å². The van der Waals surface area contributed by atoms with Gasteiger partial charge in [0.25, 0.3) is 5.78 Å². The van der Waals surface area contributed by atoms with E-state index in [1.165, 1.54) is 10.8 Å². The minimum absolute atomic E-state index is 0.396. The number of nitrogens with zero attached hydrogens (tertiary/aromatic N) is 4. The van der Waals surface area contributed by atoms with E-state index in [0.717, 1.165) is 12.0 Å². The van der Waals surface area contributed by atoms with Gasteiger partial charge in [-0.05, 0) is 6.42 Å². The normalized spacial score (nSPS) is 11.0. The smallest absolute Gasteiger partial charge is 0.199 e. The summed E-state index contributed by atoms with van der Waals surface area (Å²) in [5.41, 5.74) is 0.793. The summed E-state index contributed by atoms with van der Waals surface area (Å²) >= 11 is 11.9. The first-order valence-corrected chi connectivity index (χ1v) is 4.53. The van der Waals surface area contributed by atoms with Crippen molar-refractivity contribution in [3.63, 3.8) is 0 Å². The van der Waals surface area contributed by atoms with Crippen LogP contribution in [0.15, 0.2) is 6.33 Å². The molecule has 2 rings (SSSR count). The second-order valence-electron chi connectivity index (χ2n) is 2.50. The topological polar surface area (TPSA) is 43.1 Å². The van der Waals surface area contributed by atoms with Crippen LogP contribution in [0.3, 0.4) is 0 Å². The summed E-state index contributed by atoms with van der Waals surface area (Å²) in [6.07, 6.45) is 2.12. The molecule has 0 aliphatic heterocycles. The van der Waals surface area contributed by atoms with Gasteiger partial charge in [-0.2, -0.15) is 19.6 Å². The molecule has 68 valence electrons. The van der Waals surface area contributed by atoms with Gasteiger partial charge in [0.2, 0.25) is 0 Å². The maximum Gasteiger partial charge on any atom is 0.254 e. The third kappa shape index (κ3) is 1.26. The van der Waals surface area contributed by atoms with Gasteiger partial charge in [-0.3, -0.25) is 0 Å². The minimum Gasteiger partial charge on any atom is -0.199 e. The van der Waals surface area contributed by atoms with Gasteiger partial charge in [-0.15, -0.1) is 0 Å². The van der Waals surface area contributed by atoms with Crippen LogP contribution in [-0.2, 0) is 6.42 Å². The molecule has 2 aromatic heterocycles. The van der Waals surface area contributed by atoms with Crippen LogP contribution in [0, 0.1) is 0 Å². The van der Waals surface area contributed by atoms with E-state index in [-0.39, 0.29) is 0 Å². The number of hydrogen-bond acceptors (Lipinski definition) is 3. The molecular weight excluding hydrogens is 211 g/mol. The fraction of sp³-hybridized carbons (Fsp3) is 0.286. The summed E-state index contributed by atoms with van der Waals surface area (Å²) in [5.74, 6) is 0.423. The zero-order valence-electron chi connectivity index (χ0n) is 6.83. The lowest BCUT2D eigenvalue weighted by atomic mass is 10.3. The number of rotatable bonds is 1. The summed E-state index contributed by atoms with van der Waals surface area (Å²) in [4.78, 5) is 7.93. The molecule has 13 heavy (non-hydrogen) atoms. The highest BCUT2D eigenvalue weighted by Crippen LogP contribution is 2.23. The summed E-state index contributed by atoms with van der Waals surface area (Å²) in [7, 11) is 0. The molecule has 0 unspecified atom stereocenters. The van der Waals surface area contributed by atoms with Crippen LogP contribution in [0.25, 0.3) is 5.78 Å². The van der Waals surface area contributed by atoms with Crippen LogP contribution in [0.4, 0.5) is 0 Å². The maximum absolute atomic E-state index is 6.02. The fourth-order valence-electron chi connectivity index (χ4n) is 1.11. The molecule has 0 aliphatic rings. The molecule has 0 saturated heterocycles. The molecule has 0 aromatic carbocycles. The molecule has 4 nitrogen and oxygen atoms in total. The van der Waals surface area contributed by atoms with Crippen molar-refractivity contribution in [2.24, 2.45) is 0 Å². The van der Waals surface area contributed by atoms with E-state index in [9.17, 15) is 0 Å². The van der Waals surface area contributed by atoms with Gasteiger partial charge in [0.05, 0.1) is 0 Å². The highest BCUT2D eigenvalue weighted by molar-refractivity contribution is 6.34. The molecule has 0 bridgehead atoms. The van der Waals surface area contributed by atoms with Crippen molar-refractivity contribution in [1.29, 1.82) is 0 Å². The molecule has 2 heterocycles. The predicted octanol–water partition coefficient (Wildman–Crippen LogP) is 1.99. The first-order chi connectivity index (χ1) is 6.24. The van der Waals surface area contributed by atoms with Crippen molar-refractivity contribution in [1.82, 2.24) is 19.6 Å². The SMILES string of the molecule is CCc1c(Cl)nc2ncnn2c1Cl. The summed E-state index contributed by atoms with van der Waals surface area (Å²) in [5, 5.41) is 4.80. The number of fused-ring (bicyclic) bond motifs is 1. The molecule has 0 spiro atoms. The van der Waals surface area contributed by atoms with E-state index >= 15 is 0 Å². The molecule has 0 N–H and O–H groups in total. The Bertz CT molecular complexity index is 451. The third-order valence-electron chi connectivity index (χ3n) is 1.77. The van der Waals surface area contributed by atoms with Crippen LogP contribution < -0.4 is 0 Å². The van der Waals surface area contributed by atoms with Gasteiger partial charge in [0, 0.05) is 5.56 Å². The van der Waals surface area contributed by atoms with Crippen molar-refractivity contribution in [3.8, 4) is 0 Å². The van der Waals surface area contributed by atoms with E-state index in [1.54, 1.807) is 0 Å². The summed E-state index contributed by atoms with van der Waals surface area (Å²) in [6.45, 7) is 1.96. The van der Waals surface area contributed by atoms with Gasteiger partial charge in [0.1, 0.15) is 16.6 Å². The molecular formula is C7H6Cl2N4. The van der Waals surface area contributed by atoms with Gasteiger partial charge >= 0.3 is 0 Å². The Balaban J connectivity index is 2.85. The lowest BCUT2D eigenvalue weighted by molar-refractivity contribution is 0.911. The van der Waals surface area contributed by atoms with Gasteiger partial charge < -0.3 is 0 Å². The average Bonchev–Trinajstić information content (AvgIpc) is 2.53. The number of hydrogen-bond donors (Lipinski definition) is 0. The Morgan fingerprint density at radius 1 is 1.46 bits per heavy atom. The molecule has 0 amide bonds. The minimum atomic E-state index is 0.396. The molecule has 0 radical (unpaired) electrons. The quantitative estimate of drug-likeness (QED) is 0.686. The number of aromatic nitrogens is 4. The maximum atomic E-state index is 6.02. The van der Waals surface area contributed by atoms with Crippen LogP contribution in [0.2, 0.25) is 10.3 Å². The zero-order valence-corrected chi connectivity index (χ0v) is 8.34. The van der Waals surface area contributed by atoms with Crippen LogP contribution in [0.5, 0.6) is 0 Å². The largest absolute Gasteiger partial charge is 0.254 e. The van der Waals surface area contributed by atoms with Crippen molar-refractivity contribution in [3.05, 3.63) is 22.2 Å². The van der Waals surface area contributed by atoms with Gasteiger partial charge in [-0.1, -0.05) is 30.1 Å². The lowest BCUT2D eigenvalue weighted by Crippen LogP contribution is -1.99. The van der Waals surface area contributed by atoms with Crippen molar-refractivity contribution in [2.75, 3.05) is 0 Å². The Hall–Kier alpha value is -0.870. The van der Waals surface area contributed by atoms with Crippen LogP contribution in [-0.4, -0.2) is 19.6 Å². The molecule has 0 atom stereocenters.